The number of carboxylic acids is 1. The van der Waals surface area contributed by atoms with E-state index in [4.69, 9.17) is 9.47 Å². The van der Waals surface area contributed by atoms with Crippen LogP contribution in [0.5, 0.6) is 11.5 Å². The third kappa shape index (κ3) is 6.16. The van der Waals surface area contributed by atoms with E-state index in [1.165, 1.54) is 24.8 Å². The molecule has 27 heavy (non-hydrogen) atoms. The molecule has 0 amide bonds. The Morgan fingerprint density at radius 1 is 1.22 bits per heavy atom. The largest absolute Gasteiger partial charge is 0.507 e. The van der Waals surface area contributed by atoms with Gasteiger partial charge in [0, 0.05) is 24.3 Å². The average molecular weight is 395 g/mol. The number of carbonyl (C=O) groups excluding carboxylic acids is 1. The van der Waals surface area contributed by atoms with Crippen molar-refractivity contribution in [2.75, 3.05) is 19.0 Å². The van der Waals surface area contributed by atoms with E-state index < -0.39 is 11.5 Å². The summed E-state index contributed by atoms with van der Waals surface area (Å²) >= 11 is 1.32. The highest BCUT2D eigenvalue weighted by molar-refractivity contribution is 8.14. The zero-order valence-electron chi connectivity index (χ0n) is 15.6. The average Bonchev–Trinajstić information content (AvgIpc) is 3.00. The minimum absolute atomic E-state index is 0.0229. The summed E-state index contributed by atoms with van der Waals surface area (Å²) in [4.78, 5) is 26.2. The van der Waals surface area contributed by atoms with Crippen LogP contribution in [-0.2, 0) is 14.3 Å². The lowest BCUT2D eigenvalue weighted by molar-refractivity contribution is -0.142. The standard InChI is InChI=1S/C19H25NO6S/c1-13(21)25-9-5-3-4-6-10-26-14-7-8-15(16(22)11-14)17-20-19(2,12-27-17)18(23)24/h7-8,11,22H,3-6,9-10,12H2,1-2H3,(H,23,24)/t19-/m1/s1. The van der Waals surface area contributed by atoms with Gasteiger partial charge >= 0.3 is 11.9 Å². The molecule has 0 spiro atoms. The predicted octanol–water partition coefficient (Wildman–Crippen LogP) is 3.23. The number of carbonyl (C=O) groups is 2. The van der Waals surface area contributed by atoms with Gasteiger partial charge in [-0.3, -0.25) is 9.79 Å². The van der Waals surface area contributed by atoms with Gasteiger partial charge in [-0.1, -0.05) is 0 Å². The van der Waals surface area contributed by atoms with Crippen LogP contribution in [-0.4, -0.2) is 51.7 Å². The van der Waals surface area contributed by atoms with Gasteiger partial charge in [0.15, 0.2) is 5.54 Å². The molecule has 0 unspecified atom stereocenters. The van der Waals surface area contributed by atoms with Crippen molar-refractivity contribution in [2.45, 2.75) is 45.1 Å². The number of hydrogen-bond donors (Lipinski definition) is 2. The lowest BCUT2D eigenvalue weighted by Gasteiger charge is -2.11. The molecule has 0 aromatic heterocycles. The highest BCUT2D eigenvalue weighted by atomic mass is 32.2. The zero-order valence-corrected chi connectivity index (χ0v) is 16.4. The first-order chi connectivity index (χ1) is 12.8. The van der Waals surface area contributed by atoms with Crippen molar-refractivity contribution in [2.24, 2.45) is 4.99 Å². The molecule has 2 rings (SSSR count). The number of hydrogen-bond acceptors (Lipinski definition) is 7. The number of phenols is 1. The first-order valence-electron chi connectivity index (χ1n) is 8.87. The Hall–Kier alpha value is -2.22. The zero-order chi connectivity index (χ0) is 19.9. The van der Waals surface area contributed by atoms with Gasteiger partial charge in [0.1, 0.15) is 16.5 Å². The molecule has 1 aliphatic heterocycles. The van der Waals surface area contributed by atoms with Crippen molar-refractivity contribution < 1.29 is 29.3 Å². The van der Waals surface area contributed by atoms with Crippen molar-refractivity contribution >= 4 is 28.7 Å². The highest BCUT2D eigenvalue weighted by Gasteiger charge is 2.38. The van der Waals surface area contributed by atoms with Crippen LogP contribution >= 0.6 is 11.8 Å². The molecule has 0 aliphatic carbocycles. The van der Waals surface area contributed by atoms with Crippen molar-refractivity contribution in [3.05, 3.63) is 23.8 Å². The van der Waals surface area contributed by atoms with Crippen LogP contribution in [0.4, 0.5) is 0 Å². The first-order valence-corrected chi connectivity index (χ1v) is 9.86. The summed E-state index contributed by atoms with van der Waals surface area (Å²) in [5, 5.41) is 20.0. The number of rotatable bonds is 10. The van der Waals surface area contributed by atoms with Gasteiger partial charge in [-0.15, -0.1) is 11.8 Å². The number of unbranched alkanes of at least 4 members (excludes halogenated alkanes) is 3. The molecule has 0 saturated carbocycles. The quantitative estimate of drug-likeness (QED) is 0.463. The van der Waals surface area contributed by atoms with Crippen LogP contribution in [0.3, 0.4) is 0 Å². The van der Waals surface area contributed by atoms with Gasteiger partial charge in [-0.05, 0) is 44.7 Å². The maximum absolute atomic E-state index is 11.3. The van der Waals surface area contributed by atoms with Gasteiger partial charge < -0.3 is 19.7 Å². The fraction of sp³-hybridized carbons (Fsp3) is 0.526. The highest BCUT2D eigenvalue weighted by Crippen LogP contribution is 2.35. The van der Waals surface area contributed by atoms with E-state index in [1.807, 2.05) is 0 Å². The smallest absolute Gasteiger partial charge is 0.332 e. The number of benzene rings is 1. The Morgan fingerprint density at radius 2 is 1.93 bits per heavy atom. The molecular weight excluding hydrogens is 370 g/mol. The molecule has 7 nitrogen and oxygen atoms in total. The number of nitrogens with zero attached hydrogens (tertiary/aromatic N) is 1. The molecule has 1 aromatic rings. The van der Waals surface area contributed by atoms with Crippen LogP contribution in [0.15, 0.2) is 23.2 Å². The summed E-state index contributed by atoms with van der Waals surface area (Å²) < 4.78 is 10.5. The van der Waals surface area contributed by atoms with Gasteiger partial charge in [0.2, 0.25) is 0 Å². The summed E-state index contributed by atoms with van der Waals surface area (Å²) in [6.45, 7) is 3.95. The van der Waals surface area contributed by atoms with E-state index in [0.717, 1.165) is 25.7 Å². The number of phenolic OH excluding ortho intramolecular Hbond substituents is 1. The van der Waals surface area contributed by atoms with Gasteiger partial charge in [0.05, 0.1) is 13.2 Å². The molecule has 0 bridgehead atoms. The maximum Gasteiger partial charge on any atom is 0.332 e. The molecule has 8 heteroatoms. The molecule has 1 heterocycles. The van der Waals surface area contributed by atoms with Crippen molar-refractivity contribution in [3.63, 3.8) is 0 Å². The summed E-state index contributed by atoms with van der Waals surface area (Å²) in [5.41, 5.74) is -0.639. The van der Waals surface area contributed by atoms with E-state index in [0.29, 0.717) is 35.3 Å². The Balaban J connectivity index is 1.78. The molecule has 1 atom stereocenters. The Kier molecular flexibility index (Phi) is 7.53. The molecule has 1 aliphatic rings. The molecular formula is C19H25NO6S. The van der Waals surface area contributed by atoms with E-state index in [1.54, 1.807) is 19.1 Å². The fourth-order valence-corrected chi connectivity index (χ4v) is 3.69. The Morgan fingerprint density at radius 3 is 2.52 bits per heavy atom. The summed E-state index contributed by atoms with van der Waals surface area (Å²) in [5.74, 6) is -0.309. The molecule has 2 N–H and O–H groups in total. The summed E-state index contributed by atoms with van der Waals surface area (Å²) in [6.07, 6.45) is 3.62. The fourth-order valence-electron chi connectivity index (χ4n) is 2.49. The van der Waals surface area contributed by atoms with Crippen LogP contribution in [0, 0.1) is 0 Å². The Bertz CT molecular complexity index is 720. The molecule has 0 fully saturated rings. The Labute approximate surface area is 162 Å². The van der Waals surface area contributed by atoms with Crippen LogP contribution in [0.2, 0.25) is 0 Å². The third-order valence-corrected chi connectivity index (χ3v) is 5.40. The van der Waals surface area contributed by atoms with E-state index >= 15 is 0 Å². The van der Waals surface area contributed by atoms with E-state index in [2.05, 4.69) is 4.99 Å². The van der Waals surface area contributed by atoms with Crippen molar-refractivity contribution in [1.82, 2.24) is 0 Å². The van der Waals surface area contributed by atoms with E-state index in [9.17, 15) is 19.8 Å². The van der Waals surface area contributed by atoms with Crippen LogP contribution < -0.4 is 4.74 Å². The SMILES string of the molecule is CC(=O)OCCCCCCOc1ccc(C2=N[C@@](C)(C(=O)O)CS2)c(O)c1. The van der Waals surface area contributed by atoms with Crippen LogP contribution in [0.1, 0.15) is 45.1 Å². The monoisotopic (exact) mass is 395 g/mol. The number of carboxylic acid groups (broad SMARTS) is 1. The first kappa shape index (κ1) is 21.1. The molecule has 148 valence electrons. The topological polar surface area (TPSA) is 105 Å². The number of ether oxygens (including phenoxy) is 2. The van der Waals surface area contributed by atoms with Crippen LogP contribution in [0.25, 0.3) is 0 Å². The second-order valence-electron chi connectivity index (χ2n) is 6.57. The predicted molar refractivity (Wildman–Crippen MR) is 104 cm³/mol. The minimum Gasteiger partial charge on any atom is -0.507 e. The summed E-state index contributed by atoms with van der Waals surface area (Å²) in [6, 6.07) is 4.97. The summed E-state index contributed by atoms with van der Waals surface area (Å²) in [7, 11) is 0. The normalized spacial score (nSPS) is 18.8. The second-order valence-corrected chi connectivity index (χ2v) is 7.53. The van der Waals surface area contributed by atoms with Gasteiger partial charge in [0.25, 0.3) is 0 Å². The number of esters is 1. The van der Waals surface area contributed by atoms with Crippen molar-refractivity contribution in [1.29, 1.82) is 0 Å². The molecule has 1 aromatic carbocycles. The lowest BCUT2D eigenvalue weighted by atomic mass is 10.1. The maximum atomic E-state index is 11.3. The van der Waals surface area contributed by atoms with Gasteiger partial charge in [-0.2, -0.15) is 0 Å². The number of aliphatic carboxylic acids is 1. The van der Waals surface area contributed by atoms with E-state index in [-0.39, 0.29) is 11.7 Å². The van der Waals surface area contributed by atoms with Crippen molar-refractivity contribution in [3.8, 4) is 11.5 Å². The second kappa shape index (κ2) is 9.64. The number of aliphatic imine (C=N–C) groups is 1. The minimum atomic E-state index is -1.16. The molecule has 0 saturated heterocycles. The van der Waals surface area contributed by atoms with Gasteiger partial charge in [-0.25, -0.2) is 4.79 Å². The number of thioether (sulfide) groups is 1. The lowest BCUT2D eigenvalue weighted by Crippen LogP contribution is -2.33. The number of aromatic hydroxyl groups is 1. The molecule has 0 radical (unpaired) electrons. The third-order valence-electron chi connectivity index (χ3n) is 4.11.